The first-order valence-electron chi connectivity index (χ1n) is 9.38. The molecule has 3 rings (SSSR count). The fourth-order valence-electron chi connectivity index (χ4n) is 5.77. The Balaban J connectivity index is 1.81. The van der Waals surface area contributed by atoms with E-state index in [1.54, 1.807) is 7.11 Å². The van der Waals surface area contributed by atoms with Crippen molar-refractivity contribution >= 4 is 5.97 Å². The second-order valence-electron chi connectivity index (χ2n) is 8.89. The second-order valence-corrected chi connectivity index (χ2v) is 8.89. The van der Waals surface area contributed by atoms with E-state index in [9.17, 15) is 4.79 Å². The molecular formula is C21H32O3. The van der Waals surface area contributed by atoms with Crippen molar-refractivity contribution in [1.82, 2.24) is 0 Å². The van der Waals surface area contributed by atoms with Gasteiger partial charge in [-0.2, -0.15) is 0 Å². The molecule has 4 atom stereocenters. The van der Waals surface area contributed by atoms with Crippen molar-refractivity contribution in [2.24, 2.45) is 22.7 Å². The summed E-state index contributed by atoms with van der Waals surface area (Å²) in [5, 5.41) is 0. The summed E-state index contributed by atoms with van der Waals surface area (Å²) in [5.74, 6) is 1.00. The molecule has 0 bridgehead atoms. The molecule has 24 heavy (non-hydrogen) atoms. The summed E-state index contributed by atoms with van der Waals surface area (Å²) in [5.41, 5.74) is 2.86. The van der Waals surface area contributed by atoms with Gasteiger partial charge in [0, 0.05) is 19.1 Å². The predicted molar refractivity (Wildman–Crippen MR) is 95.3 cm³/mol. The van der Waals surface area contributed by atoms with Gasteiger partial charge in [-0.3, -0.25) is 0 Å². The number of hydrogen-bond donors (Lipinski definition) is 0. The van der Waals surface area contributed by atoms with Gasteiger partial charge in [-0.1, -0.05) is 45.4 Å². The number of hydrogen-bond acceptors (Lipinski definition) is 3. The van der Waals surface area contributed by atoms with Gasteiger partial charge in [0.1, 0.15) is 0 Å². The van der Waals surface area contributed by atoms with Crippen LogP contribution in [0.25, 0.3) is 0 Å². The molecule has 1 heterocycles. The largest absolute Gasteiger partial charge is 0.432 e. The monoisotopic (exact) mass is 332 g/mol. The summed E-state index contributed by atoms with van der Waals surface area (Å²) in [6.07, 6.45) is 9.47. The zero-order valence-electron chi connectivity index (χ0n) is 15.7. The van der Waals surface area contributed by atoms with Gasteiger partial charge >= 0.3 is 5.97 Å². The Bertz CT molecular complexity index is 559. The highest BCUT2D eigenvalue weighted by atomic mass is 16.7. The Hall–Kier alpha value is -1.09. The lowest BCUT2D eigenvalue weighted by Gasteiger charge is -2.58. The van der Waals surface area contributed by atoms with E-state index in [1.165, 1.54) is 31.3 Å². The van der Waals surface area contributed by atoms with E-state index in [-0.39, 0.29) is 5.97 Å². The Morgan fingerprint density at radius 2 is 2.08 bits per heavy atom. The van der Waals surface area contributed by atoms with Gasteiger partial charge in [-0.25, -0.2) is 4.79 Å². The summed E-state index contributed by atoms with van der Waals surface area (Å²) in [4.78, 5) is 12.0. The molecule has 0 aromatic carbocycles. The van der Waals surface area contributed by atoms with Gasteiger partial charge in [0.05, 0.1) is 0 Å². The van der Waals surface area contributed by atoms with Gasteiger partial charge in [0.2, 0.25) is 6.29 Å². The van der Waals surface area contributed by atoms with Crippen LogP contribution in [0.2, 0.25) is 0 Å². The van der Waals surface area contributed by atoms with Crippen LogP contribution >= 0.6 is 0 Å². The maximum atomic E-state index is 12.0. The van der Waals surface area contributed by atoms with Crippen molar-refractivity contribution in [3.05, 3.63) is 23.8 Å². The molecule has 3 aliphatic rings. The average molecular weight is 332 g/mol. The molecule has 0 aromatic heterocycles. The summed E-state index contributed by atoms with van der Waals surface area (Å²) in [6.45, 7) is 11.8. The number of cyclic esters (lactones) is 1. The van der Waals surface area contributed by atoms with E-state index < -0.39 is 6.29 Å². The lowest BCUT2D eigenvalue weighted by Crippen LogP contribution is -2.49. The summed E-state index contributed by atoms with van der Waals surface area (Å²) < 4.78 is 10.4. The van der Waals surface area contributed by atoms with Crippen molar-refractivity contribution in [1.29, 1.82) is 0 Å². The molecule has 3 nitrogen and oxygen atoms in total. The number of allylic oxidation sites excluding steroid dienone is 2. The molecule has 0 radical (unpaired) electrons. The van der Waals surface area contributed by atoms with Gasteiger partial charge in [-0.05, 0) is 54.8 Å². The van der Waals surface area contributed by atoms with Crippen LogP contribution in [0.1, 0.15) is 65.7 Å². The van der Waals surface area contributed by atoms with Crippen molar-refractivity contribution in [2.45, 2.75) is 72.0 Å². The topological polar surface area (TPSA) is 35.5 Å². The maximum Gasteiger partial charge on any atom is 0.336 e. The molecule has 1 saturated heterocycles. The molecule has 0 N–H and O–H groups in total. The summed E-state index contributed by atoms with van der Waals surface area (Å²) >= 11 is 0. The summed E-state index contributed by atoms with van der Waals surface area (Å²) in [6, 6.07) is 0. The zero-order valence-corrected chi connectivity index (χ0v) is 15.7. The fourth-order valence-corrected chi connectivity index (χ4v) is 5.77. The van der Waals surface area contributed by atoms with Gasteiger partial charge in [0.25, 0.3) is 0 Å². The highest BCUT2D eigenvalue weighted by molar-refractivity contribution is 5.90. The highest BCUT2D eigenvalue weighted by Crippen LogP contribution is 2.61. The minimum absolute atomic E-state index is 0.214. The number of rotatable bonds is 3. The first-order chi connectivity index (χ1) is 11.3. The lowest BCUT2D eigenvalue weighted by molar-refractivity contribution is -0.156. The Labute approximate surface area is 146 Å². The molecule has 3 heteroatoms. The normalized spacial score (nSPS) is 40.5. The minimum Gasteiger partial charge on any atom is -0.432 e. The molecule has 2 aliphatic carbocycles. The molecule has 0 aromatic rings. The standard InChI is InChI=1S/C21H32O3/c1-14-7-10-17-20(2,3)11-6-12-21(17,4)16(14)9-8-15-13-18(23-5)24-19(15)22/h8,16-18H,1,6-7,9-13H2,2-5H3/b15-8+/t16?,17-,18?,21+/m0/s1. The first kappa shape index (κ1) is 17.7. The number of fused-ring (bicyclic) bond motifs is 1. The predicted octanol–water partition coefficient (Wildman–Crippen LogP) is 5.02. The average Bonchev–Trinajstić information content (AvgIpc) is 2.86. The van der Waals surface area contributed by atoms with Crippen LogP contribution in [0, 0.1) is 22.7 Å². The van der Waals surface area contributed by atoms with Gasteiger partial charge in [-0.15, -0.1) is 0 Å². The smallest absolute Gasteiger partial charge is 0.336 e. The van der Waals surface area contributed by atoms with Gasteiger partial charge < -0.3 is 9.47 Å². The SMILES string of the molecule is C=C1CC[C@H]2C(C)(C)CCC[C@]2(C)C1C/C=C1\CC(OC)OC1=O. The van der Waals surface area contributed by atoms with E-state index in [1.807, 2.05) is 0 Å². The molecule has 3 fully saturated rings. The number of ether oxygens (including phenoxy) is 2. The lowest BCUT2D eigenvalue weighted by atomic mass is 9.47. The van der Waals surface area contributed by atoms with Crippen molar-refractivity contribution < 1.29 is 14.3 Å². The van der Waals surface area contributed by atoms with E-state index >= 15 is 0 Å². The van der Waals surface area contributed by atoms with E-state index in [2.05, 4.69) is 33.4 Å². The Morgan fingerprint density at radius 3 is 2.75 bits per heavy atom. The fraction of sp³-hybridized carbons (Fsp3) is 0.762. The van der Waals surface area contributed by atoms with Crippen LogP contribution in [0.3, 0.4) is 0 Å². The summed E-state index contributed by atoms with van der Waals surface area (Å²) in [7, 11) is 1.58. The van der Waals surface area contributed by atoms with Crippen LogP contribution < -0.4 is 0 Å². The highest BCUT2D eigenvalue weighted by Gasteiger charge is 2.52. The van der Waals surface area contributed by atoms with Crippen LogP contribution in [-0.2, 0) is 14.3 Å². The third-order valence-electron chi connectivity index (χ3n) is 7.07. The number of carbonyl (C=O) groups is 1. The molecule has 0 spiro atoms. The van der Waals surface area contributed by atoms with E-state index in [0.717, 1.165) is 24.3 Å². The number of carbonyl (C=O) groups excluding carboxylic acids is 1. The Kier molecular flexibility index (Phi) is 4.67. The Morgan fingerprint density at radius 1 is 1.33 bits per heavy atom. The van der Waals surface area contributed by atoms with E-state index in [0.29, 0.717) is 23.2 Å². The molecule has 2 unspecified atom stereocenters. The van der Waals surface area contributed by atoms with Crippen LogP contribution in [0.15, 0.2) is 23.8 Å². The van der Waals surface area contributed by atoms with Crippen molar-refractivity contribution in [3.8, 4) is 0 Å². The molecule has 0 amide bonds. The first-order valence-corrected chi connectivity index (χ1v) is 9.38. The quantitative estimate of drug-likeness (QED) is 0.413. The molecule has 1 aliphatic heterocycles. The third kappa shape index (κ3) is 2.96. The van der Waals surface area contributed by atoms with Crippen molar-refractivity contribution in [3.63, 3.8) is 0 Å². The van der Waals surface area contributed by atoms with Crippen LogP contribution in [0.4, 0.5) is 0 Å². The molecular weight excluding hydrogens is 300 g/mol. The van der Waals surface area contributed by atoms with Crippen LogP contribution in [-0.4, -0.2) is 19.4 Å². The van der Waals surface area contributed by atoms with Crippen molar-refractivity contribution in [2.75, 3.05) is 7.11 Å². The second kappa shape index (κ2) is 6.33. The maximum absolute atomic E-state index is 12.0. The molecule has 134 valence electrons. The number of methoxy groups -OCH3 is 1. The zero-order chi connectivity index (χ0) is 17.5. The third-order valence-corrected chi connectivity index (χ3v) is 7.07. The van der Waals surface area contributed by atoms with Crippen LogP contribution in [0.5, 0.6) is 0 Å². The number of esters is 1. The molecule has 2 saturated carbocycles. The minimum atomic E-state index is -0.407. The van der Waals surface area contributed by atoms with Gasteiger partial charge in [0.15, 0.2) is 0 Å². The van der Waals surface area contributed by atoms with E-state index in [4.69, 9.17) is 9.47 Å².